The number of thiazole rings is 1. The summed E-state index contributed by atoms with van der Waals surface area (Å²) < 4.78 is 0. The largest absolute Gasteiger partial charge is 0.375 e. The molecule has 1 aromatic heterocycles. The number of nitrogens with one attached hydrogen (secondary N) is 1. The van der Waals surface area contributed by atoms with Crippen molar-refractivity contribution in [1.29, 1.82) is 0 Å². The molecule has 18 heavy (non-hydrogen) atoms. The molecule has 1 saturated heterocycles. The molecular formula is C11H16N4O2S. The third-order valence-corrected chi connectivity index (χ3v) is 3.56. The van der Waals surface area contributed by atoms with Gasteiger partial charge in [0.15, 0.2) is 5.13 Å². The van der Waals surface area contributed by atoms with E-state index in [1.54, 1.807) is 17.2 Å². The highest BCUT2D eigenvalue weighted by atomic mass is 32.1. The number of carbonyl (C=O) groups excluding carboxylic acids is 2. The summed E-state index contributed by atoms with van der Waals surface area (Å²) in [6.45, 7) is 3.25. The van der Waals surface area contributed by atoms with Crippen LogP contribution >= 0.6 is 11.3 Å². The molecule has 1 unspecified atom stereocenters. The van der Waals surface area contributed by atoms with Crippen molar-refractivity contribution in [2.24, 2.45) is 0 Å². The maximum absolute atomic E-state index is 12.0. The van der Waals surface area contributed by atoms with Gasteiger partial charge in [0.2, 0.25) is 5.91 Å². The Morgan fingerprint density at radius 1 is 1.50 bits per heavy atom. The zero-order valence-electron chi connectivity index (χ0n) is 10.2. The fourth-order valence-corrected chi connectivity index (χ4v) is 2.48. The van der Waals surface area contributed by atoms with Gasteiger partial charge in [-0.2, -0.15) is 0 Å². The number of anilines is 1. The first kappa shape index (κ1) is 12.8. The molecule has 0 aromatic carbocycles. The van der Waals surface area contributed by atoms with Crippen molar-refractivity contribution in [3.8, 4) is 0 Å². The minimum atomic E-state index is -0.529. The first-order valence-electron chi connectivity index (χ1n) is 5.88. The predicted molar refractivity (Wildman–Crippen MR) is 69.3 cm³/mol. The lowest BCUT2D eigenvalue weighted by molar-refractivity contribution is -0.131. The van der Waals surface area contributed by atoms with E-state index in [0.717, 1.165) is 25.9 Å². The Morgan fingerprint density at radius 3 is 2.72 bits per heavy atom. The quantitative estimate of drug-likeness (QED) is 0.834. The van der Waals surface area contributed by atoms with Crippen LogP contribution in [0.1, 0.15) is 30.3 Å². The number of nitrogens with two attached hydrogens (primary N) is 1. The Hall–Kier alpha value is -1.63. The van der Waals surface area contributed by atoms with Gasteiger partial charge in [0, 0.05) is 18.5 Å². The molecule has 0 spiro atoms. The molecule has 98 valence electrons. The van der Waals surface area contributed by atoms with Crippen molar-refractivity contribution >= 4 is 28.3 Å². The molecule has 0 bridgehead atoms. The van der Waals surface area contributed by atoms with Crippen LogP contribution in [0.5, 0.6) is 0 Å². The van der Waals surface area contributed by atoms with Crippen LogP contribution in [0.25, 0.3) is 0 Å². The summed E-state index contributed by atoms with van der Waals surface area (Å²) in [5, 5.41) is 4.57. The normalized spacial score (nSPS) is 16.6. The van der Waals surface area contributed by atoms with Crippen molar-refractivity contribution in [3.63, 3.8) is 0 Å². The summed E-state index contributed by atoms with van der Waals surface area (Å²) in [6, 6.07) is -0.529. The lowest BCUT2D eigenvalue weighted by Gasteiger charge is -2.20. The fraction of sp³-hybridized carbons (Fsp3) is 0.545. The van der Waals surface area contributed by atoms with Crippen LogP contribution in [0.4, 0.5) is 5.13 Å². The second-order valence-electron chi connectivity index (χ2n) is 4.30. The van der Waals surface area contributed by atoms with Crippen LogP contribution in [-0.4, -0.2) is 40.8 Å². The summed E-state index contributed by atoms with van der Waals surface area (Å²) in [7, 11) is 0. The molecular weight excluding hydrogens is 252 g/mol. The van der Waals surface area contributed by atoms with E-state index in [4.69, 9.17) is 5.73 Å². The average molecular weight is 268 g/mol. The van der Waals surface area contributed by atoms with Crippen molar-refractivity contribution in [2.75, 3.05) is 18.8 Å². The maximum atomic E-state index is 12.0. The molecule has 2 rings (SSSR count). The topological polar surface area (TPSA) is 88.3 Å². The van der Waals surface area contributed by atoms with E-state index in [1.807, 2.05) is 0 Å². The standard InChI is InChI=1S/C11H16N4O2S/c1-7(10(17)15-4-2-3-5-15)13-9(16)8-6-18-11(12)14-8/h6-7H,2-5H2,1H3,(H2,12,14)(H,13,16). The zero-order valence-corrected chi connectivity index (χ0v) is 11.0. The van der Waals surface area contributed by atoms with Gasteiger partial charge in [-0.25, -0.2) is 4.98 Å². The Kier molecular flexibility index (Phi) is 3.81. The van der Waals surface area contributed by atoms with Gasteiger partial charge in [0.05, 0.1) is 0 Å². The maximum Gasteiger partial charge on any atom is 0.271 e. The van der Waals surface area contributed by atoms with Gasteiger partial charge < -0.3 is 16.0 Å². The molecule has 1 aliphatic rings. The molecule has 7 heteroatoms. The molecule has 1 aromatic rings. The van der Waals surface area contributed by atoms with Crippen molar-refractivity contribution in [2.45, 2.75) is 25.8 Å². The van der Waals surface area contributed by atoms with Gasteiger partial charge >= 0.3 is 0 Å². The van der Waals surface area contributed by atoms with E-state index in [2.05, 4.69) is 10.3 Å². The number of aromatic nitrogens is 1. The van der Waals surface area contributed by atoms with Gasteiger partial charge in [0.1, 0.15) is 11.7 Å². The second-order valence-corrected chi connectivity index (χ2v) is 5.19. The molecule has 1 aliphatic heterocycles. The van der Waals surface area contributed by atoms with E-state index < -0.39 is 6.04 Å². The Bertz CT molecular complexity index is 454. The number of rotatable bonds is 3. The summed E-state index contributed by atoms with van der Waals surface area (Å²) in [5.74, 6) is -0.396. The number of amides is 2. The van der Waals surface area contributed by atoms with Crippen LogP contribution in [0.15, 0.2) is 5.38 Å². The van der Waals surface area contributed by atoms with Crippen LogP contribution in [-0.2, 0) is 4.79 Å². The summed E-state index contributed by atoms with van der Waals surface area (Å²) in [5.41, 5.74) is 5.72. The molecule has 6 nitrogen and oxygen atoms in total. The summed E-state index contributed by atoms with van der Waals surface area (Å²) >= 11 is 1.20. The van der Waals surface area contributed by atoms with Gasteiger partial charge in [0.25, 0.3) is 5.91 Å². The second kappa shape index (κ2) is 5.34. The molecule has 1 atom stereocenters. The molecule has 0 aliphatic carbocycles. The van der Waals surface area contributed by atoms with E-state index >= 15 is 0 Å². The monoisotopic (exact) mass is 268 g/mol. The third-order valence-electron chi connectivity index (χ3n) is 2.89. The van der Waals surface area contributed by atoms with Crippen molar-refractivity contribution < 1.29 is 9.59 Å². The number of hydrogen-bond donors (Lipinski definition) is 2. The first-order chi connectivity index (χ1) is 8.58. The lowest BCUT2D eigenvalue weighted by atomic mass is 10.2. The van der Waals surface area contributed by atoms with E-state index in [0.29, 0.717) is 5.13 Å². The summed E-state index contributed by atoms with van der Waals surface area (Å²) in [6.07, 6.45) is 2.07. The SMILES string of the molecule is CC(NC(=O)c1csc(N)n1)C(=O)N1CCCC1. The smallest absolute Gasteiger partial charge is 0.271 e. The van der Waals surface area contributed by atoms with Crippen LogP contribution in [0.2, 0.25) is 0 Å². The Labute approximate surface area is 109 Å². The van der Waals surface area contributed by atoms with E-state index in [-0.39, 0.29) is 17.5 Å². The minimum Gasteiger partial charge on any atom is -0.375 e. The highest BCUT2D eigenvalue weighted by Gasteiger charge is 2.25. The molecule has 0 saturated carbocycles. The van der Waals surface area contributed by atoms with Gasteiger partial charge in [-0.3, -0.25) is 9.59 Å². The summed E-state index contributed by atoms with van der Waals surface area (Å²) in [4.78, 5) is 29.4. The van der Waals surface area contributed by atoms with Crippen molar-refractivity contribution in [1.82, 2.24) is 15.2 Å². The highest BCUT2D eigenvalue weighted by Crippen LogP contribution is 2.12. The first-order valence-corrected chi connectivity index (χ1v) is 6.76. The van der Waals surface area contributed by atoms with E-state index in [1.165, 1.54) is 11.3 Å². The van der Waals surface area contributed by atoms with Gasteiger partial charge in [-0.05, 0) is 19.8 Å². The van der Waals surface area contributed by atoms with Crippen LogP contribution < -0.4 is 11.1 Å². The van der Waals surface area contributed by atoms with Gasteiger partial charge in [-0.1, -0.05) is 0 Å². The molecule has 2 amide bonds. The highest BCUT2D eigenvalue weighted by molar-refractivity contribution is 7.13. The third kappa shape index (κ3) is 2.79. The average Bonchev–Trinajstić information content (AvgIpc) is 2.98. The lowest BCUT2D eigenvalue weighted by Crippen LogP contribution is -2.46. The number of carbonyl (C=O) groups is 2. The number of likely N-dealkylation sites (tertiary alicyclic amines) is 1. The number of nitrogen functional groups attached to an aromatic ring is 1. The van der Waals surface area contributed by atoms with Crippen LogP contribution in [0.3, 0.4) is 0 Å². The van der Waals surface area contributed by atoms with Crippen molar-refractivity contribution in [3.05, 3.63) is 11.1 Å². The minimum absolute atomic E-state index is 0.0379. The predicted octanol–water partition coefficient (Wildman–Crippen LogP) is 0.466. The number of nitrogens with zero attached hydrogens (tertiary/aromatic N) is 2. The Balaban J connectivity index is 1.92. The molecule has 0 radical (unpaired) electrons. The molecule has 3 N–H and O–H groups in total. The fourth-order valence-electron chi connectivity index (χ4n) is 1.94. The number of hydrogen-bond acceptors (Lipinski definition) is 5. The van der Waals surface area contributed by atoms with E-state index in [9.17, 15) is 9.59 Å². The van der Waals surface area contributed by atoms with Crippen LogP contribution in [0, 0.1) is 0 Å². The Morgan fingerprint density at radius 2 is 2.17 bits per heavy atom. The van der Waals surface area contributed by atoms with Gasteiger partial charge in [-0.15, -0.1) is 11.3 Å². The molecule has 1 fully saturated rings. The zero-order chi connectivity index (χ0) is 13.1. The molecule has 2 heterocycles.